The molecule has 21 heavy (non-hydrogen) atoms. The number of benzene rings is 1. The average molecular weight is 284 g/mol. The van der Waals surface area contributed by atoms with Crippen LogP contribution >= 0.6 is 0 Å². The molecule has 2 aromatic rings. The molecule has 0 spiro atoms. The van der Waals surface area contributed by atoms with Gasteiger partial charge in [0.05, 0.1) is 5.56 Å². The van der Waals surface area contributed by atoms with Crippen LogP contribution in [0.3, 0.4) is 0 Å². The summed E-state index contributed by atoms with van der Waals surface area (Å²) in [5.41, 5.74) is 2.78. The number of amides is 1. The van der Waals surface area contributed by atoms with Crippen molar-refractivity contribution in [3.8, 4) is 0 Å². The molecule has 1 aromatic carbocycles. The maximum absolute atomic E-state index is 12.9. The SMILES string of the molecule is Cc1cc(C(=O)N2CC(C)NCc3ccccc32)c(C)o1. The van der Waals surface area contributed by atoms with Crippen LogP contribution in [0.5, 0.6) is 0 Å². The first-order valence-corrected chi connectivity index (χ1v) is 7.26. The zero-order chi connectivity index (χ0) is 15.0. The van der Waals surface area contributed by atoms with E-state index in [9.17, 15) is 4.79 Å². The molecule has 0 saturated heterocycles. The monoisotopic (exact) mass is 284 g/mol. The third-order valence-corrected chi connectivity index (χ3v) is 3.90. The fourth-order valence-electron chi connectivity index (χ4n) is 2.83. The van der Waals surface area contributed by atoms with E-state index in [1.54, 1.807) is 0 Å². The van der Waals surface area contributed by atoms with Gasteiger partial charge in [-0.2, -0.15) is 0 Å². The van der Waals surface area contributed by atoms with Crippen LogP contribution in [-0.4, -0.2) is 18.5 Å². The van der Waals surface area contributed by atoms with Gasteiger partial charge in [0.25, 0.3) is 5.91 Å². The van der Waals surface area contributed by atoms with Gasteiger partial charge in [-0.3, -0.25) is 4.79 Å². The maximum atomic E-state index is 12.9. The number of para-hydroxylation sites is 1. The number of hydrogen-bond acceptors (Lipinski definition) is 3. The van der Waals surface area contributed by atoms with Crippen LogP contribution in [-0.2, 0) is 6.54 Å². The summed E-state index contributed by atoms with van der Waals surface area (Å²) in [6, 6.07) is 10.1. The number of anilines is 1. The first kappa shape index (κ1) is 13.9. The first-order chi connectivity index (χ1) is 10.1. The Balaban J connectivity index is 2.03. The number of fused-ring (bicyclic) bond motifs is 1. The highest BCUT2D eigenvalue weighted by molar-refractivity contribution is 6.07. The van der Waals surface area contributed by atoms with Gasteiger partial charge in [-0.15, -0.1) is 0 Å². The highest BCUT2D eigenvalue weighted by atomic mass is 16.3. The Labute approximate surface area is 124 Å². The van der Waals surface area contributed by atoms with E-state index in [1.807, 2.05) is 43.0 Å². The molecule has 1 aliphatic rings. The van der Waals surface area contributed by atoms with Crippen LogP contribution in [0.25, 0.3) is 0 Å². The van der Waals surface area contributed by atoms with E-state index in [-0.39, 0.29) is 11.9 Å². The summed E-state index contributed by atoms with van der Waals surface area (Å²) in [4.78, 5) is 14.8. The van der Waals surface area contributed by atoms with Crippen molar-refractivity contribution < 1.29 is 9.21 Å². The molecule has 0 saturated carbocycles. The minimum atomic E-state index is 0.00681. The number of hydrogen-bond donors (Lipinski definition) is 1. The Morgan fingerprint density at radius 3 is 2.81 bits per heavy atom. The Kier molecular flexibility index (Phi) is 3.55. The van der Waals surface area contributed by atoms with Gasteiger partial charge >= 0.3 is 0 Å². The molecule has 110 valence electrons. The fourth-order valence-corrected chi connectivity index (χ4v) is 2.83. The van der Waals surface area contributed by atoms with Crippen molar-refractivity contribution in [2.75, 3.05) is 11.4 Å². The average Bonchev–Trinajstić information content (AvgIpc) is 2.71. The lowest BCUT2D eigenvalue weighted by Gasteiger charge is -2.24. The van der Waals surface area contributed by atoms with Crippen molar-refractivity contribution in [3.05, 3.63) is 53.0 Å². The van der Waals surface area contributed by atoms with E-state index >= 15 is 0 Å². The Hall–Kier alpha value is -2.07. The molecule has 1 N–H and O–H groups in total. The molecule has 2 heterocycles. The molecule has 1 atom stereocenters. The van der Waals surface area contributed by atoms with Crippen molar-refractivity contribution in [1.82, 2.24) is 5.32 Å². The smallest absolute Gasteiger partial charge is 0.261 e. The van der Waals surface area contributed by atoms with Gasteiger partial charge in [0.15, 0.2) is 0 Å². The lowest BCUT2D eigenvalue weighted by atomic mass is 10.1. The van der Waals surface area contributed by atoms with E-state index in [0.29, 0.717) is 17.9 Å². The third kappa shape index (κ3) is 2.59. The predicted molar refractivity (Wildman–Crippen MR) is 82.6 cm³/mol. The number of nitrogens with one attached hydrogen (secondary N) is 1. The topological polar surface area (TPSA) is 45.5 Å². The number of furan rings is 1. The quantitative estimate of drug-likeness (QED) is 0.875. The molecule has 4 nitrogen and oxygen atoms in total. The molecule has 1 aromatic heterocycles. The van der Waals surface area contributed by atoms with E-state index in [4.69, 9.17) is 4.42 Å². The van der Waals surface area contributed by atoms with Crippen molar-refractivity contribution in [1.29, 1.82) is 0 Å². The summed E-state index contributed by atoms with van der Waals surface area (Å²) < 4.78 is 5.51. The van der Waals surface area contributed by atoms with E-state index in [2.05, 4.69) is 18.3 Å². The summed E-state index contributed by atoms with van der Waals surface area (Å²) >= 11 is 0. The van der Waals surface area contributed by atoms with Crippen LogP contribution in [0, 0.1) is 13.8 Å². The predicted octanol–water partition coefficient (Wildman–Crippen LogP) is 3.03. The zero-order valence-electron chi connectivity index (χ0n) is 12.6. The van der Waals surface area contributed by atoms with Gasteiger partial charge in [0.2, 0.25) is 0 Å². The lowest BCUT2D eigenvalue weighted by Crippen LogP contribution is -2.39. The van der Waals surface area contributed by atoms with Gasteiger partial charge in [-0.25, -0.2) is 0 Å². The molecule has 0 bridgehead atoms. The van der Waals surface area contributed by atoms with Crippen molar-refractivity contribution >= 4 is 11.6 Å². The number of nitrogens with zero attached hydrogens (tertiary/aromatic N) is 1. The second-order valence-corrected chi connectivity index (χ2v) is 5.65. The molecule has 3 rings (SSSR count). The molecule has 4 heteroatoms. The summed E-state index contributed by atoms with van der Waals surface area (Å²) in [7, 11) is 0. The van der Waals surface area contributed by atoms with Crippen molar-refractivity contribution in [2.24, 2.45) is 0 Å². The molecule has 1 amide bonds. The van der Waals surface area contributed by atoms with E-state index in [1.165, 1.54) is 0 Å². The maximum Gasteiger partial charge on any atom is 0.261 e. The Morgan fingerprint density at radius 2 is 2.10 bits per heavy atom. The molecular formula is C17H20N2O2. The zero-order valence-corrected chi connectivity index (χ0v) is 12.6. The van der Waals surface area contributed by atoms with Gasteiger partial charge in [0.1, 0.15) is 11.5 Å². The minimum absolute atomic E-state index is 0.00681. The third-order valence-electron chi connectivity index (χ3n) is 3.90. The van der Waals surface area contributed by atoms with E-state index < -0.39 is 0 Å². The highest BCUT2D eigenvalue weighted by Crippen LogP contribution is 2.26. The van der Waals surface area contributed by atoms with Gasteiger partial charge in [-0.1, -0.05) is 18.2 Å². The molecule has 0 radical (unpaired) electrons. The number of rotatable bonds is 1. The Morgan fingerprint density at radius 1 is 1.33 bits per heavy atom. The van der Waals surface area contributed by atoms with Crippen molar-refractivity contribution in [2.45, 2.75) is 33.4 Å². The summed E-state index contributed by atoms with van der Waals surface area (Å²) in [6.07, 6.45) is 0. The second-order valence-electron chi connectivity index (χ2n) is 5.65. The number of aryl methyl sites for hydroxylation is 2. The molecule has 0 aliphatic carbocycles. The van der Waals surface area contributed by atoms with Crippen LogP contribution in [0.2, 0.25) is 0 Å². The van der Waals surface area contributed by atoms with E-state index in [0.717, 1.165) is 23.6 Å². The molecular weight excluding hydrogens is 264 g/mol. The van der Waals surface area contributed by atoms with Gasteiger partial charge in [-0.05, 0) is 38.5 Å². The Bertz CT molecular complexity index is 675. The summed E-state index contributed by atoms with van der Waals surface area (Å²) in [5, 5.41) is 3.44. The molecule has 1 unspecified atom stereocenters. The largest absolute Gasteiger partial charge is 0.466 e. The number of carbonyl (C=O) groups is 1. The van der Waals surface area contributed by atoms with Crippen molar-refractivity contribution in [3.63, 3.8) is 0 Å². The molecule has 1 aliphatic heterocycles. The van der Waals surface area contributed by atoms with Crippen LogP contribution < -0.4 is 10.2 Å². The van der Waals surface area contributed by atoms with Gasteiger partial charge < -0.3 is 14.6 Å². The van der Waals surface area contributed by atoms with Crippen LogP contribution in [0.1, 0.15) is 34.4 Å². The minimum Gasteiger partial charge on any atom is -0.466 e. The molecule has 0 fully saturated rings. The van der Waals surface area contributed by atoms with Crippen LogP contribution in [0.15, 0.2) is 34.7 Å². The summed E-state index contributed by atoms with van der Waals surface area (Å²) in [5.74, 6) is 1.46. The lowest BCUT2D eigenvalue weighted by molar-refractivity contribution is 0.0984. The van der Waals surface area contributed by atoms with Gasteiger partial charge in [0, 0.05) is 24.8 Å². The fraction of sp³-hybridized carbons (Fsp3) is 0.353. The van der Waals surface area contributed by atoms with Crippen LogP contribution in [0.4, 0.5) is 5.69 Å². The standard InChI is InChI=1S/C17H20N2O2/c1-11-10-19(16-7-5-4-6-14(16)9-18-11)17(20)15-8-12(2)21-13(15)3/h4-8,11,18H,9-10H2,1-3H3. The second kappa shape index (κ2) is 5.37. The number of carbonyl (C=O) groups excluding carboxylic acids is 1. The first-order valence-electron chi connectivity index (χ1n) is 7.26. The highest BCUT2D eigenvalue weighted by Gasteiger charge is 2.27. The summed E-state index contributed by atoms with van der Waals surface area (Å²) in [6.45, 7) is 7.24. The normalized spacial score (nSPS) is 18.2.